The summed E-state index contributed by atoms with van der Waals surface area (Å²) in [7, 11) is -9.18. The van der Waals surface area contributed by atoms with Crippen LogP contribution < -0.4 is 5.73 Å². The van der Waals surface area contributed by atoms with E-state index in [0.717, 1.165) is 12.1 Å². The van der Waals surface area contributed by atoms with E-state index in [4.69, 9.17) is 5.73 Å². The highest BCUT2D eigenvalue weighted by Crippen LogP contribution is 2.33. The molecule has 0 saturated heterocycles. The molecule has 0 radical (unpaired) electrons. The van der Waals surface area contributed by atoms with Crippen molar-refractivity contribution in [1.82, 2.24) is 0 Å². The first kappa shape index (κ1) is 15.4. The van der Waals surface area contributed by atoms with Crippen LogP contribution in [0.2, 0.25) is 0 Å². The van der Waals surface area contributed by atoms with Gasteiger partial charge in [-0.05, 0) is 18.2 Å². The van der Waals surface area contributed by atoms with Crippen molar-refractivity contribution < 1.29 is 25.9 Å². The van der Waals surface area contributed by atoms with Gasteiger partial charge in [0.25, 0.3) is 20.2 Å². The average Bonchev–Trinajstić information content (AvgIpc) is 2.36. The average molecular weight is 329 g/mol. The molecule has 21 heavy (non-hydrogen) atoms. The molecule has 0 saturated carbocycles. The van der Waals surface area contributed by atoms with Crippen molar-refractivity contribution in [2.45, 2.75) is 9.79 Å². The van der Waals surface area contributed by atoms with Crippen molar-refractivity contribution in [3.8, 4) is 11.1 Å². The van der Waals surface area contributed by atoms with Crippen molar-refractivity contribution >= 4 is 25.9 Å². The molecule has 7 nitrogen and oxygen atoms in total. The summed E-state index contributed by atoms with van der Waals surface area (Å²) in [6, 6.07) is 8.88. The second-order valence-electron chi connectivity index (χ2n) is 4.20. The third-order valence-corrected chi connectivity index (χ3v) is 4.54. The normalized spacial score (nSPS) is 12.3. The molecule has 0 bridgehead atoms. The molecule has 0 heterocycles. The largest absolute Gasteiger partial charge is 0.399 e. The van der Waals surface area contributed by atoms with Crippen LogP contribution in [0.3, 0.4) is 0 Å². The molecule has 112 valence electrons. The number of hydrogen-bond acceptors (Lipinski definition) is 5. The summed E-state index contributed by atoms with van der Waals surface area (Å²) in [6.45, 7) is 0. The Morgan fingerprint density at radius 2 is 1.29 bits per heavy atom. The molecule has 0 aliphatic rings. The van der Waals surface area contributed by atoms with Gasteiger partial charge in [0.2, 0.25) is 0 Å². The highest BCUT2D eigenvalue weighted by Gasteiger charge is 2.22. The highest BCUT2D eigenvalue weighted by atomic mass is 32.2. The van der Waals surface area contributed by atoms with Crippen LogP contribution in [-0.2, 0) is 20.2 Å². The standard InChI is InChI=1S/C12H11NO6S2/c13-8-5-6-10(12(7-8)21(17,18)19)9-3-1-2-4-11(9)20(14,15)16/h1-7H,13H2,(H,14,15,16)(H,17,18,19). The van der Waals surface area contributed by atoms with Crippen LogP contribution in [0.4, 0.5) is 5.69 Å². The van der Waals surface area contributed by atoms with Gasteiger partial charge in [-0.1, -0.05) is 24.3 Å². The van der Waals surface area contributed by atoms with Crippen LogP contribution in [0.1, 0.15) is 0 Å². The Morgan fingerprint density at radius 1 is 0.762 bits per heavy atom. The van der Waals surface area contributed by atoms with Crippen molar-refractivity contribution in [1.29, 1.82) is 0 Å². The van der Waals surface area contributed by atoms with Crippen molar-refractivity contribution in [3.63, 3.8) is 0 Å². The van der Waals surface area contributed by atoms with Gasteiger partial charge in [0, 0.05) is 16.8 Å². The first-order chi connectivity index (χ1) is 9.60. The number of nitrogen functional groups attached to an aromatic ring is 1. The van der Waals surface area contributed by atoms with Gasteiger partial charge in [-0.15, -0.1) is 0 Å². The van der Waals surface area contributed by atoms with Gasteiger partial charge in [-0.2, -0.15) is 16.8 Å². The maximum atomic E-state index is 11.4. The van der Waals surface area contributed by atoms with Crippen LogP contribution >= 0.6 is 0 Å². The molecule has 2 rings (SSSR count). The van der Waals surface area contributed by atoms with Crippen LogP contribution in [0, 0.1) is 0 Å². The fourth-order valence-corrected chi connectivity index (χ4v) is 3.34. The molecule has 2 aromatic carbocycles. The molecule has 0 atom stereocenters. The first-order valence-corrected chi connectivity index (χ1v) is 8.42. The fourth-order valence-electron chi connectivity index (χ4n) is 1.89. The first-order valence-electron chi connectivity index (χ1n) is 5.54. The number of benzene rings is 2. The monoisotopic (exact) mass is 329 g/mol. The van der Waals surface area contributed by atoms with Crippen molar-refractivity contribution in [2.75, 3.05) is 5.73 Å². The molecule has 0 aliphatic carbocycles. The topological polar surface area (TPSA) is 135 Å². The molecule has 0 unspecified atom stereocenters. The zero-order valence-corrected chi connectivity index (χ0v) is 12.1. The SMILES string of the molecule is Nc1ccc(-c2ccccc2S(=O)(=O)O)c(S(=O)(=O)O)c1. The van der Waals surface area contributed by atoms with Gasteiger partial charge >= 0.3 is 0 Å². The Bertz CT molecular complexity index is 903. The summed E-state index contributed by atoms with van der Waals surface area (Å²) in [5.74, 6) is 0. The number of hydrogen-bond donors (Lipinski definition) is 3. The summed E-state index contributed by atoms with van der Waals surface area (Å²) in [4.78, 5) is -1.02. The Morgan fingerprint density at radius 3 is 1.86 bits per heavy atom. The van der Waals surface area contributed by atoms with E-state index in [2.05, 4.69) is 0 Å². The van der Waals surface area contributed by atoms with E-state index >= 15 is 0 Å². The maximum Gasteiger partial charge on any atom is 0.295 e. The van der Waals surface area contributed by atoms with Crippen LogP contribution in [0.5, 0.6) is 0 Å². The Hall–Kier alpha value is -1.94. The van der Waals surface area contributed by atoms with Gasteiger partial charge < -0.3 is 5.73 Å². The van der Waals surface area contributed by atoms with E-state index in [1.165, 1.54) is 30.3 Å². The zero-order chi connectivity index (χ0) is 15.8. The van der Waals surface area contributed by atoms with Gasteiger partial charge in [0.1, 0.15) is 9.79 Å². The third kappa shape index (κ3) is 3.22. The summed E-state index contributed by atoms with van der Waals surface area (Å²) < 4.78 is 64.1. The second-order valence-corrected chi connectivity index (χ2v) is 6.98. The quantitative estimate of drug-likeness (QED) is 0.572. The van der Waals surface area contributed by atoms with Gasteiger partial charge in [0.15, 0.2) is 0 Å². The van der Waals surface area contributed by atoms with E-state index in [1.54, 1.807) is 0 Å². The van der Waals surface area contributed by atoms with E-state index in [1.807, 2.05) is 0 Å². The minimum absolute atomic E-state index is 0.0624. The van der Waals surface area contributed by atoms with Gasteiger partial charge in [0.05, 0.1) is 0 Å². The lowest BCUT2D eigenvalue weighted by atomic mass is 10.1. The fraction of sp³-hybridized carbons (Fsp3) is 0. The number of anilines is 1. The molecular formula is C12H11NO6S2. The van der Waals surface area contributed by atoms with Crippen LogP contribution in [-0.4, -0.2) is 25.9 Å². The van der Waals surface area contributed by atoms with Gasteiger partial charge in [-0.3, -0.25) is 9.11 Å². The van der Waals surface area contributed by atoms with E-state index in [0.29, 0.717) is 0 Å². The van der Waals surface area contributed by atoms with Crippen molar-refractivity contribution in [2.24, 2.45) is 0 Å². The summed E-state index contributed by atoms with van der Waals surface area (Å²) in [6.07, 6.45) is 0. The van der Waals surface area contributed by atoms with E-state index in [9.17, 15) is 25.9 Å². The van der Waals surface area contributed by atoms with Crippen LogP contribution in [0.25, 0.3) is 11.1 Å². The summed E-state index contributed by atoms with van der Waals surface area (Å²) in [5, 5.41) is 0. The second kappa shape index (κ2) is 5.11. The number of rotatable bonds is 3. The Balaban J connectivity index is 2.88. The lowest BCUT2D eigenvalue weighted by Crippen LogP contribution is -2.05. The van der Waals surface area contributed by atoms with E-state index < -0.39 is 30.0 Å². The molecule has 0 amide bonds. The summed E-state index contributed by atoms with van der Waals surface area (Å²) in [5.41, 5.74) is 5.42. The molecular weight excluding hydrogens is 318 g/mol. The minimum atomic E-state index is -4.62. The highest BCUT2D eigenvalue weighted by molar-refractivity contribution is 7.86. The molecule has 0 aromatic heterocycles. The lowest BCUT2D eigenvalue weighted by Gasteiger charge is -2.11. The molecule has 2 aromatic rings. The minimum Gasteiger partial charge on any atom is -0.399 e. The zero-order valence-electron chi connectivity index (χ0n) is 10.5. The van der Waals surface area contributed by atoms with E-state index in [-0.39, 0.29) is 16.8 Å². The third-order valence-electron chi connectivity index (χ3n) is 2.74. The molecule has 0 fully saturated rings. The predicted octanol–water partition coefficient (Wildman–Crippen LogP) is 1.43. The Labute approximate surface area is 121 Å². The smallest absolute Gasteiger partial charge is 0.295 e. The molecule has 4 N–H and O–H groups in total. The maximum absolute atomic E-state index is 11.4. The summed E-state index contributed by atoms with van der Waals surface area (Å²) >= 11 is 0. The lowest BCUT2D eigenvalue weighted by molar-refractivity contribution is 0.480. The Kier molecular flexibility index (Phi) is 3.76. The van der Waals surface area contributed by atoms with Gasteiger partial charge in [-0.25, -0.2) is 0 Å². The van der Waals surface area contributed by atoms with Crippen molar-refractivity contribution in [3.05, 3.63) is 42.5 Å². The molecule has 9 heteroatoms. The predicted molar refractivity (Wildman–Crippen MR) is 75.9 cm³/mol. The number of nitrogens with two attached hydrogens (primary N) is 1. The molecule has 0 spiro atoms. The molecule has 0 aliphatic heterocycles. The van der Waals surface area contributed by atoms with Crippen LogP contribution in [0.15, 0.2) is 52.3 Å².